The Kier molecular flexibility index (Phi) is 3.73. The molecule has 0 aliphatic rings. The Morgan fingerprint density at radius 2 is 1.78 bits per heavy atom. The van der Waals surface area contributed by atoms with Crippen molar-refractivity contribution in [2.75, 3.05) is 5.32 Å². The van der Waals surface area contributed by atoms with Crippen molar-refractivity contribution in [2.45, 2.75) is 0 Å². The maximum absolute atomic E-state index is 12.7. The second kappa shape index (κ2) is 6.37. The smallest absolute Gasteiger partial charge is 0.267 e. The van der Waals surface area contributed by atoms with Crippen molar-refractivity contribution in [1.29, 1.82) is 0 Å². The summed E-state index contributed by atoms with van der Waals surface area (Å²) in [5, 5.41) is 7.34. The summed E-state index contributed by atoms with van der Waals surface area (Å²) in [6, 6.07) is 24.2. The lowest BCUT2D eigenvalue weighted by molar-refractivity contribution is -0.493. The molecule has 0 aliphatic heterocycles. The van der Waals surface area contributed by atoms with Crippen LogP contribution in [0, 0.1) is 0 Å². The van der Waals surface area contributed by atoms with E-state index in [1.54, 1.807) is 0 Å². The van der Waals surface area contributed by atoms with E-state index in [9.17, 15) is 4.79 Å². The van der Waals surface area contributed by atoms with Gasteiger partial charge in [0, 0.05) is 11.6 Å². The maximum atomic E-state index is 12.7. The molecule has 27 heavy (non-hydrogen) atoms. The Morgan fingerprint density at radius 1 is 0.926 bits per heavy atom. The van der Waals surface area contributed by atoms with Crippen LogP contribution >= 0.6 is 11.3 Å². The number of hydrogen-bond donors (Lipinski definition) is 2. The molecule has 0 unspecified atom stereocenters. The van der Waals surface area contributed by atoms with Crippen LogP contribution < -0.4 is 9.72 Å². The Balaban J connectivity index is 1.67. The number of hydrogen-bond acceptors (Lipinski definition) is 2. The van der Waals surface area contributed by atoms with Gasteiger partial charge in [0.05, 0.1) is 6.20 Å². The molecule has 2 aromatic carbocycles. The van der Waals surface area contributed by atoms with Gasteiger partial charge in [-0.05, 0) is 34.4 Å². The van der Waals surface area contributed by atoms with Gasteiger partial charge in [-0.25, -0.2) is 14.5 Å². The first kappa shape index (κ1) is 15.8. The molecule has 5 aromatic rings. The fraction of sp³-hybridized carbons (Fsp3) is 0. The standard InChI is InChI=1S/C22H15N3OS/c26-22(18-8-5-13-27-18)24-21-20(23-19-9-3-4-12-25(19)21)17-11-10-15-6-1-2-7-16(15)14-17/h1-14H,(H,24,26)/p+1. The van der Waals surface area contributed by atoms with Crippen LogP contribution in [0.15, 0.2) is 84.4 Å². The lowest BCUT2D eigenvalue weighted by Gasteiger charge is -2.03. The minimum absolute atomic E-state index is 0.107. The van der Waals surface area contributed by atoms with Gasteiger partial charge in [0.25, 0.3) is 5.82 Å². The molecule has 0 saturated heterocycles. The van der Waals surface area contributed by atoms with Gasteiger partial charge >= 0.3 is 5.91 Å². The first-order chi connectivity index (χ1) is 13.3. The molecular formula is C22H16N3OS+. The molecule has 5 heteroatoms. The van der Waals surface area contributed by atoms with E-state index >= 15 is 0 Å². The van der Waals surface area contributed by atoms with E-state index in [1.807, 2.05) is 58.4 Å². The number of amides is 1. The topological polar surface area (TPSA) is 49.0 Å². The molecule has 1 amide bonds. The molecule has 0 radical (unpaired) electrons. The van der Waals surface area contributed by atoms with Crippen LogP contribution in [0.3, 0.4) is 0 Å². The summed E-state index contributed by atoms with van der Waals surface area (Å²) in [6.07, 6.45) is 1.94. The van der Waals surface area contributed by atoms with Crippen molar-refractivity contribution in [3.63, 3.8) is 0 Å². The van der Waals surface area contributed by atoms with Gasteiger partial charge < -0.3 is 0 Å². The van der Waals surface area contributed by atoms with Gasteiger partial charge in [-0.1, -0.05) is 48.5 Å². The van der Waals surface area contributed by atoms with Gasteiger partial charge in [-0.2, -0.15) is 0 Å². The molecule has 0 aliphatic carbocycles. The number of aromatic nitrogens is 2. The number of benzene rings is 2. The highest BCUT2D eigenvalue weighted by molar-refractivity contribution is 7.12. The number of rotatable bonds is 3. The Labute approximate surface area is 159 Å². The van der Waals surface area contributed by atoms with Crippen LogP contribution in [-0.4, -0.2) is 10.9 Å². The average Bonchev–Trinajstić information content (AvgIpc) is 3.36. The van der Waals surface area contributed by atoms with Gasteiger partial charge in [-0.15, -0.1) is 11.3 Å². The minimum Gasteiger partial charge on any atom is -0.267 e. The second-order valence-electron chi connectivity index (χ2n) is 6.30. The highest BCUT2D eigenvalue weighted by Gasteiger charge is 2.23. The van der Waals surface area contributed by atoms with E-state index in [2.05, 4.69) is 40.6 Å². The Hall–Kier alpha value is -3.44. The number of H-pyrrole nitrogens is 1. The van der Waals surface area contributed by atoms with E-state index in [0.29, 0.717) is 4.88 Å². The average molecular weight is 370 g/mol. The molecule has 0 bridgehead atoms. The Morgan fingerprint density at radius 3 is 2.63 bits per heavy atom. The summed E-state index contributed by atoms with van der Waals surface area (Å²) in [5.41, 5.74) is 2.83. The number of nitrogens with one attached hydrogen (secondary N) is 2. The van der Waals surface area contributed by atoms with Crippen LogP contribution in [0.4, 0.5) is 5.82 Å². The van der Waals surface area contributed by atoms with Crippen molar-refractivity contribution >= 4 is 39.5 Å². The van der Waals surface area contributed by atoms with Gasteiger partial charge in [-0.3, -0.25) is 4.98 Å². The van der Waals surface area contributed by atoms with Crippen LogP contribution in [0.2, 0.25) is 0 Å². The van der Waals surface area contributed by atoms with E-state index in [1.165, 1.54) is 16.7 Å². The second-order valence-corrected chi connectivity index (χ2v) is 7.25. The van der Waals surface area contributed by atoms with Gasteiger partial charge in [0.15, 0.2) is 5.69 Å². The molecule has 0 fully saturated rings. The molecule has 0 atom stereocenters. The molecular weight excluding hydrogens is 354 g/mol. The fourth-order valence-electron chi connectivity index (χ4n) is 3.30. The van der Waals surface area contributed by atoms with Crippen molar-refractivity contribution in [3.05, 3.63) is 89.3 Å². The first-order valence-electron chi connectivity index (χ1n) is 8.66. The first-order valence-corrected chi connectivity index (χ1v) is 9.54. The van der Waals surface area contributed by atoms with Crippen LogP contribution in [0.1, 0.15) is 9.67 Å². The zero-order valence-electron chi connectivity index (χ0n) is 14.3. The number of nitrogens with zero attached hydrogens (tertiary/aromatic N) is 1. The molecule has 4 nitrogen and oxygen atoms in total. The number of carbonyl (C=O) groups is 1. The molecule has 3 aromatic heterocycles. The monoisotopic (exact) mass is 370 g/mol. The summed E-state index contributed by atoms with van der Waals surface area (Å²) in [6.45, 7) is 0. The molecule has 2 N–H and O–H groups in total. The summed E-state index contributed by atoms with van der Waals surface area (Å²) in [4.78, 5) is 16.8. The third-order valence-corrected chi connectivity index (χ3v) is 5.47. The van der Waals surface area contributed by atoms with Crippen molar-refractivity contribution in [3.8, 4) is 11.3 Å². The zero-order valence-corrected chi connectivity index (χ0v) is 15.2. The Bertz CT molecular complexity index is 1270. The summed E-state index contributed by atoms with van der Waals surface area (Å²) in [5.74, 6) is 0.628. The van der Waals surface area contributed by atoms with Crippen molar-refractivity contribution < 1.29 is 9.20 Å². The predicted octanol–water partition coefficient (Wildman–Crippen LogP) is 4.89. The van der Waals surface area contributed by atoms with Gasteiger partial charge in [0.1, 0.15) is 4.88 Å². The van der Waals surface area contributed by atoms with E-state index in [4.69, 9.17) is 0 Å². The van der Waals surface area contributed by atoms with E-state index in [-0.39, 0.29) is 5.91 Å². The summed E-state index contributed by atoms with van der Waals surface area (Å²) in [7, 11) is 0. The molecule has 0 saturated carbocycles. The normalized spacial score (nSPS) is 11.1. The largest absolute Gasteiger partial charge is 0.321 e. The number of thiophene rings is 1. The zero-order chi connectivity index (χ0) is 18.2. The maximum Gasteiger partial charge on any atom is 0.321 e. The third-order valence-electron chi connectivity index (χ3n) is 4.61. The summed E-state index contributed by atoms with van der Waals surface area (Å²) >= 11 is 1.43. The predicted molar refractivity (Wildman–Crippen MR) is 109 cm³/mol. The molecule has 0 spiro atoms. The number of pyridine rings is 1. The molecule has 130 valence electrons. The van der Waals surface area contributed by atoms with Crippen LogP contribution in [0.25, 0.3) is 27.7 Å². The van der Waals surface area contributed by atoms with E-state index < -0.39 is 0 Å². The van der Waals surface area contributed by atoms with Crippen LogP contribution in [0.5, 0.6) is 0 Å². The van der Waals surface area contributed by atoms with Gasteiger partial charge in [0.2, 0.25) is 5.65 Å². The minimum atomic E-state index is -0.107. The highest BCUT2D eigenvalue weighted by Crippen LogP contribution is 2.28. The highest BCUT2D eigenvalue weighted by atomic mass is 32.1. The number of imidazole rings is 1. The molecule has 5 rings (SSSR count). The summed E-state index contributed by atoms with van der Waals surface area (Å²) < 4.78 is 1.97. The SMILES string of the molecule is O=C(Nc1c(-c2ccc3ccccc3c2)[nH]c2cccc[n+]12)c1cccs1. The number of anilines is 1. The third kappa shape index (κ3) is 2.78. The lowest BCUT2D eigenvalue weighted by Crippen LogP contribution is -2.26. The number of fused-ring (bicyclic) bond motifs is 2. The lowest BCUT2D eigenvalue weighted by atomic mass is 10.1. The van der Waals surface area contributed by atoms with Crippen LogP contribution in [-0.2, 0) is 0 Å². The fourth-order valence-corrected chi connectivity index (χ4v) is 3.92. The van der Waals surface area contributed by atoms with E-state index in [0.717, 1.165) is 28.1 Å². The molecule has 3 heterocycles. The van der Waals surface area contributed by atoms with Crippen molar-refractivity contribution in [2.24, 2.45) is 0 Å². The quantitative estimate of drug-likeness (QED) is 0.437. The van der Waals surface area contributed by atoms with Crippen molar-refractivity contribution in [1.82, 2.24) is 4.98 Å². The number of aromatic amines is 1. The number of carbonyl (C=O) groups excluding carboxylic acids is 1.